The van der Waals surface area contributed by atoms with Gasteiger partial charge in [0.2, 0.25) is 0 Å². The van der Waals surface area contributed by atoms with Gasteiger partial charge in [0.1, 0.15) is 5.69 Å². The van der Waals surface area contributed by atoms with Gasteiger partial charge in [0.25, 0.3) is 11.6 Å². The topological polar surface area (TPSA) is 85.2 Å². The number of nitrogens with zero attached hydrogens (tertiary/aromatic N) is 3. The van der Waals surface area contributed by atoms with Crippen LogP contribution in [-0.2, 0) is 0 Å². The minimum atomic E-state index is -0.442. The number of ether oxygens (including phenoxy) is 2. The first-order chi connectivity index (χ1) is 13.5. The van der Waals surface area contributed by atoms with Crippen LogP contribution in [0.5, 0.6) is 11.5 Å². The SMILES string of the molecule is COc1ccc(C(=O)N2CCN(c3c(Cl)cccc3[N+](=O)[O-])CC2)cc1OC. The maximum Gasteiger partial charge on any atom is 0.294 e. The van der Waals surface area contributed by atoms with E-state index >= 15 is 0 Å². The van der Waals surface area contributed by atoms with E-state index < -0.39 is 4.92 Å². The molecule has 0 aromatic heterocycles. The average Bonchev–Trinajstić information content (AvgIpc) is 2.72. The molecule has 1 saturated heterocycles. The van der Waals surface area contributed by atoms with Crippen LogP contribution in [0.15, 0.2) is 36.4 Å². The Morgan fingerprint density at radius 1 is 1.07 bits per heavy atom. The fourth-order valence-electron chi connectivity index (χ4n) is 3.25. The van der Waals surface area contributed by atoms with Crippen molar-refractivity contribution in [2.45, 2.75) is 0 Å². The molecule has 0 N–H and O–H groups in total. The zero-order chi connectivity index (χ0) is 20.3. The third-order valence-corrected chi connectivity index (χ3v) is 4.98. The number of nitro groups is 1. The molecule has 8 nitrogen and oxygen atoms in total. The third kappa shape index (κ3) is 3.82. The van der Waals surface area contributed by atoms with Crippen LogP contribution in [0.2, 0.25) is 5.02 Å². The van der Waals surface area contributed by atoms with E-state index in [1.807, 2.05) is 4.90 Å². The summed E-state index contributed by atoms with van der Waals surface area (Å²) in [5, 5.41) is 11.6. The number of nitro benzene ring substituents is 1. The Morgan fingerprint density at radius 3 is 2.36 bits per heavy atom. The van der Waals surface area contributed by atoms with Crippen molar-refractivity contribution >= 4 is 28.9 Å². The van der Waals surface area contributed by atoms with E-state index in [0.29, 0.717) is 54.0 Å². The lowest BCUT2D eigenvalue weighted by atomic mass is 10.1. The number of benzene rings is 2. The monoisotopic (exact) mass is 405 g/mol. The number of amides is 1. The highest BCUT2D eigenvalue weighted by Gasteiger charge is 2.28. The van der Waals surface area contributed by atoms with Crippen LogP contribution in [-0.4, -0.2) is 56.1 Å². The maximum atomic E-state index is 12.8. The van der Waals surface area contributed by atoms with Crippen LogP contribution >= 0.6 is 11.6 Å². The summed E-state index contributed by atoms with van der Waals surface area (Å²) in [5.41, 5.74) is 0.856. The molecule has 28 heavy (non-hydrogen) atoms. The summed E-state index contributed by atoms with van der Waals surface area (Å²) in [6.45, 7) is 1.75. The van der Waals surface area contributed by atoms with Gasteiger partial charge in [-0.2, -0.15) is 0 Å². The molecule has 1 amide bonds. The Kier molecular flexibility index (Phi) is 5.89. The number of carbonyl (C=O) groups excluding carboxylic acids is 1. The number of halogens is 1. The molecular weight excluding hydrogens is 386 g/mol. The van der Waals surface area contributed by atoms with Gasteiger partial charge >= 0.3 is 0 Å². The van der Waals surface area contributed by atoms with Gasteiger partial charge in [-0.05, 0) is 24.3 Å². The molecule has 0 radical (unpaired) electrons. The molecule has 1 aliphatic rings. The smallest absolute Gasteiger partial charge is 0.294 e. The first-order valence-corrected chi connectivity index (χ1v) is 9.03. The van der Waals surface area contributed by atoms with Gasteiger partial charge in [-0.3, -0.25) is 14.9 Å². The van der Waals surface area contributed by atoms with E-state index in [-0.39, 0.29) is 11.6 Å². The number of piperazine rings is 1. The normalized spacial score (nSPS) is 14.0. The second kappa shape index (κ2) is 8.35. The number of carbonyl (C=O) groups is 1. The fourth-order valence-corrected chi connectivity index (χ4v) is 3.54. The first-order valence-electron chi connectivity index (χ1n) is 8.65. The third-order valence-electron chi connectivity index (χ3n) is 4.68. The molecule has 0 saturated carbocycles. The predicted octanol–water partition coefficient (Wildman–Crippen LogP) is 3.23. The van der Waals surface area contributed by atoms with Crippen LogP contribution < -0.4 is 14.4 Å². The number of methoxy groups -OCH3 is 2. The van der Waals surface area contributed by atoms with Gasteiger partial charge in [0.05, 0.1) is 24.2 Å². The minimum absolute atomic E-state index is 0.0350. The van der Waals surface area contributed by atoms with Crippen LogP contribution in [0.4, 0.5) is 11.4 Å². The molecule has 1 fully saturated rings. The van der Waals surface area contributed by atoms with Crippen molar-refractivity contribution < 1.29 is 19.2 Å². The molecule has 1 aliphatic heterocycles. The summed E-state index contributed by atoms with van der Waals surface area (Å²) in [7, 11) is 3.05. The second-order valence-electron chi connectivity index (χ2n) is 6.21. The van der Waals surface area contributed by atoms with Crippen LogP contribution in [0.25, 0.3) is 0 Å². The number of anilines is 1. The number of hydrogen-bond acceptors (Lipinski definition) is 6. The quantitative estimate of drug-likeness (QED) is 0.560. The molecule has 2 aromatic rings. The summed E-state index contributed by atoms with van der Waals surface area (Å²) in [5.74, 6) is 0.905. The number of para-hydroxylation sites is 1. The largest absolute Gasteiger partial charge is 0.493 e. The van der Waals surface area contributed by atoms with Gasteiger partial charge in [-0.1, -0.05) is 17.7 Å². The summed E-state index contributed by atoms with van der Waals surface area (Å²) in [6.07, 6.45) is 0. The number of rotatable bonds is 5. The Balaban J connectivity index is 1.74. The lowest BCUT2D eigenvalue weighted by Gasteiger charge is -2.36. The zero-order valence-corrected chi connectivity index (χ0v) is 16.3. The highest BCUT2D eigenvalue weighted by Crippen LogP contribution is 2.36. The molecule has 0 atom stereocenters. The van der Waals surface area contributed by atoms with Gasteiger partial charge in [-0.15, -0.1) is 0 Å². The van der Waals surface area contributed by atoms with Crippen molar-refractivity contribution in [2.24, 2.45) is 0 Å². The predicted molar refractivity (Wildman–Crippen MR) is 106 cm³/mol. The Hall–Kier alpha value is -3.00. The Bertz CT molecular complexity index is 897. The van der Waals surface area contributed by atoms with Crippen LogP contribution in [0.1, 0.15) is 10.4 Å². The highest BCUT2D eigenvalue weighted by molar-refractivity contribution is 6.33. The van der Waals surface area contributed by atoms with Crippen molar-refractivity contribution in [2.75, 3.05) is 45.3 Å². The molecule has 148 valence electrons. The van der Waals surface area contributed by atoms with Crippen molar-refractivity contribution in [3.8, 4) is 11.5 Å². The first kappa shape index (κ1) is 19.8. The zero-order valence-electron chi connectivity index (χ0n) is 15.6. The van der Waals surface area contributed by atoms with Gasteiger partial charge in [0, 0.05) is 37.8 Å². The van der Waals surface area contributed by atoms with E-state index in [1.165, 1.54) is 20.3 Å². The molecular formula is C19H20ClN3O5. The van der Waals surface area contributed by atoms with Crippen LogP contribution in [0.3, 0.4) is 0 Å². The summed E-state index contributed by atoms with van der Waals surface area (Å²) in [6, 6.07) is 9.64. The lowest BCUT2D eigenvalue weighted by Crippen LogP contribution is -2.49. The second-order valence-corrected chi connectivity index (χ2v) is 6.62. The Morgan fingerprint density at radius 2 is 1.75 bits per heavy atom. The standard InChI is InChI=1S/C19H20ClN3O5/c1-27-16-7-6-13(12-17(16)28-2)19(24)22-10-8-21(9-11-22)18-14(20)4-3-5-15(18)23(25)26/h3-7,12H,8-11H2,1-2H3. The lowest BCUT2D eigenvalue weighted by molar-refractivity contribution is -0.384. The van der Waals surface area contributed by atoms with E-state index in [4.69, 9.17) is 21.1 Å². The summed E-state index contributed by atoms with van der Waals surface area (Å²) in [4.78, 5) is 27.3. The molecule has 0 bridgehead atoms. The molecule has 1 heterocycles. The van der Waals surface area contributed by atoms with Crippen LogP contribution in [0, 0.1) is 10.1 Å². The van der Waals surface area contributed by atoms with Gasteiger partial charge in [-0.25, -0.2) is 0 Å². The van der Waals surface area contributed by atoms with Gasteiger partial charge in [0.15, 0.2) is 11.5 Å². The molecule has 0 aliphatic carbocycles. The molecule has 3 rings (SSSR count). The fraction of sp³-hybridized carbons (Fsp3) is 0.316. The van der Waals surface area contributed by atoms with E-state index in [9.17, 15) is 14.9 Å². The van der Waals surface area contributed by atoms with Gasteiger partial charge < -0.3 is 19.3 Å². The van der Waals surface area contributed by atoms with E-state index in [1.54, 1.807) is 35.2 Å². The average molecular weight is 406 g/mol. The van der Waals surface area contributed by atoms with E-state index in [2.05, 4.69) is 0 Å². The summed E-state index contributed by atoms with van der Waals surface area (Å²) >= 11 is 6.21. The van der Waals surface area contributed by atoms with Crippen molar-refractivity contribution in [1.29, 1.82) is 0 Å². The molecule has 0 spiro atoms. The molecule has 2 aromatic carbocycles. The van der Waals surface area contributed by atoms with Crippen molar-refractivity contribution in [1.82, 2.24) is 4.90 Å². The summed E-state index contributed by atoms with van der Waals surface area (Å²) < 4.78 is 10.5. The minimum Gasteiger partial charge on any atom is -0.493 e. The molecule has 0 unspecified atom stereocenters. The molecule has 9 heteroatoms. The maximum absolute atomic E-state index is 12.8. The number of hydrogen-bond donors (Lipinski definition) is 0. The Labute approximate surface area is 167 Å². The van der Waals surface area contributed by atoms with Crippen molar-refractivity contribution in [3.63, 3.8) is 0 Å². The van der Waals surface area contributed by atoms with E-state index in [0.717, 1.165) is 0 Å². The highest BCUT2D eigenvalue weighted by atomic mass is 35.5. The van der Waals surface area contributed by atoms with Crippen molar-refractivity contribution in [3.05, 3.63) is 57.1 Å².